The molecule has 0 bridgehead atoms. The van der Waals surface area contributed by atoms with Crippen molar-refractivity contribution in [3.8, 4) is 29.0 Å². The molecule has 4 heteroatoms. The third kappa shape index (κ3) is 3.48. The van der Waals surface area contributed by atoms with Crippen LogP contribution < -0.4 is 0 Å². The summed E-state index contributed by atoms with van der Waals surface area (Å²) in [6.07, 6.45) is 1.90. The first-order chi connectivity index (χ1) is 22.4. The van der Waals surface area contributed by atoms with Gasteiger partial charge in [0.15, 0.2) is 0 Å². The Bertz CT molecular complexity index is 2510. The molecule has 0 radical (unpaired) electrons. The van der Waals surface area contributed by atoms with Crippen LogP contribution in [0.1, 0.15) is 84.6 Å². The second kappa shape index (κ2) is 9.46. The summed E-state index contributed by atoms with van der Waals surface area (Å²) in [6.45, 7) is 6.87. The molecule has 0 amide bonds. The molecule has 7 aromatic rings. The predicted molar refractivity (Wildman–Crippen MR) is 183 cm³/mol. The molecule has 0 N–H and O–H groups in total. The van der Waals surface area contributed by atoms with Crippen molar-refractivity contribution in [3.05, 3.63) is 136 Å². The molecule has 0 fully saturated rings. The second-order valence-corrected chi connectivity index (χ2v) is 13.5. The maximum atomic E-state index is 10.6. The predicted octanol–water partition coefficient (Wildman–Crippen LogP) is 10.6. The standard InChI is InChI=1S/C42H31N3O/c1-24-15-17-29(40-32-20-30-27-10-4-6-12-33(27)42(2,3)34(30)21-38(32)46-41(24)40)39-26(23-44)9-8-14-37(39)45-35-13-7-5-11-28(35)31-19-25(22-43)16-18-36(31)45/h4-14,16,18-21,24,29H,15,17H2,1-3H3. The Kier molecular flexibility index (Phi) is 5.51. The number of hydrogen-bond donors (Lipinski definition) is 0. The first kappa shape index (κ1) is 26.8. The Morgan fingerprint density at radius 1 is 0.717 bits per heavy atom. The van der Waals surface area contributed by atoms with Gasteiger partial charge in [0.05, 0.1) is 40.0 Å². The molecule has 220 valence electrons. The van der Waals surface area contributed by atoms with Crippen LogP contribution in [0.25, 0.3) is 49.6 Å². The number of nitriles is 2. The van der Waals surface area contributed by atoms with E-state index >= 15 is 0 Å². The van der Waals surface area contributed by atoms with Crippen LogP contribution in [-0.4, -0.2) is 4.57 Å². The molecule has 4 nitrogen and oxygen atoms in total. The van der Waals surface area contributed by atoms with Crippen LogP contribution in [0.15, 0.2) is 101 Å². The van der Waals surface area contributed by atoms with E-state index in [9.17, 15) is 10.5 Å². The fourth-order valence-electron chi connectivity index (χ4n) is 8.55. The van der Waals surface area contributed by atoms with Crippen molar-refractivity contribution >= 4 is 32.8 Å². The zero-order valence-electron chi connectivity index (χ0n) is 26.1. The van der Waals surface area contributed by atoms with Crippen molar-refractivity contribution in [2.24, 2.45) is 0 Å². The van der Waals surface area contributed by atoms with Gasteiger partial charge in [-0.3, -0.25) is 0 Å². The molecular formula is C42H31N3O. The second-order valence-electron chi connectivity index (χ2n) is 13.5. The molecule has 0 aliphatic heterocycles. The van der Waals surface area contributed by atoms with Crippen LogP contribution >= 0.6 is 0 Å². The molecule has 0 saturated carbocycles. The molecule has 2 aliphatic carbocycles. The van der Waals surface area contributed by atoms with Crippen LogP contribution in [0, 0.1) is 22.7 Å². The highest BCUT2D eigenvalue weighted by Gasteiger charge is 2.39. The van der Waals surface area contributed by atoms with Crippen molar-refractivity contribution in [1.82, 2.24) is 4.57 Å². The Morgan fingerprint density at radius 3 is 2.37 bits per heavy atom. The van der Waals surface area contributed by atoms with Gasteiger partial charge in [-0.1, -0.05) is 69.3 Å². The summed E-state index contributed by atoms with van der Waals surface area (Å²) in [7, 11) is 0. The lowest BCUT2D eigenvalue weighted by Crippen LogP contribution is -2.16. The molecule has 2 aromatic heterocycles. The molecule has 2 aliphatic rings. The van der Waals surface area contributed by atoms with Crippen molar-refractivity contribution in [2.75, 3.05) is 0 Å². The number of benzene rings is 5. The number of fused-ring (bicyclic) bond motifs is 9. The average molecular weight is 594 g/mol. The van der Waals surface area contributed by atoms with Gasteiger partial charge in [0.1, 0.15) is 11.3 Å². The zero-order chi connectivity index (χ0) is 31.3. The monoisotopic (exact) mass is 593 g/mol. The van der Waals surface area contributed by atoms with E-state index in [2.05, 4.69) is 98.1 Å². The normalized spacial score (nSPS) is 17.8. The third-order valence-corrected chi connectivity index (χ3v) is 10.7. The molecule has 0 saturated heterocycles. The summed E-state index contributed by atoms with van der Waals surface area (Å²) in [5.41, 5.74) is 12.7. The van der Waals surface area contributed by atoms with Gasteiger partial charge in [-0.25, -0.2) is 0 Å². The minimum Gasteiger partial charge on any atom is -0.460 e. The topological polar surface area (TPSA) is 65.7 Å². The maximum absolute atomic E-state index is 10.6. The lowest BCUT2D eigenvalue weighted by Gasteiger charge is -2.29. The van der Waals surface area contributed by atoms with Gasteiger partial charge < -0.3 is 8.98 Å². The Balaban J connectivity index is 1.34. The lowest BCUT2D eigenvalue weighted by atomic mass is 9.75. The zero-order valence-corrected chi connectivity index (χ0v) is 26.1. The number of aromatic nitrogens is 1. The minimum atomic E-state index is -0.110. The van der Waals surface area contributed by atoms with Gasteiger partial charge in [0.2, 0.25) is 0 Å². The van der Waals surface area contributed by atoms with Crippen molar-refractivity contribution in [3.63, 3.8) is 0 Å². The number of hydrogen-bond acceptors (Lipinski definition) is 3. The van der Waals surface area contributed by atoms with E-state index in [1.165, 1.54) is 27.8 Å². The Labute approximate surface area is 267 Å². The van der Waals surface area contributed by atoms with E-state index in [-0.39, 0.29) is 17.3 Å². The molecule has 9 rings (SSSR count). The molecule has 2 heterocycles. The van der Waals surface area contributed by atoms with E-state index in [1.54, 1.807) is 0 Å². The largest absolute Gasteiger partial charge is 0.460 e. The quantitative estimate of drug-likeness (QED) is 0.200. The van der Waals surface area contributed by atoms with Crippen molar-refractivity contribution < 1.29 is 4.42 Å². The van der Waals surface area contributed by atoms with Gasteiger partial charge in [0, 0.05) is 44.5 Å². The summed E-state index contributed by atoms with van der Waals surface area (Å²) in [6, 6.07) is 38.6. The van der Waals surface area contributed by atoms with Crippen LogP contribution in [0.4, 0.5) is 0 Å². The highest BCUT2D eigenvalue weighted by Crippen LogP contribution is 2.54. The number of para-hydroxylation sites is 1. The molecule has 46 heavy (non-hydrogen) atoms. The molecule has 2 unspecified atom stereocenters. The fourth-order valence-corrected chi connectivity index (χ4v) is 8.55. The van der Waals surface area contributed by atoms with E-state index in [1.807, 2.05) is 36.4 Å². The summed E-state index contributed by atoms with van der Waals surface area (Å²) < 4.78 is 9.11. The smallest absolute Gasteiger partial charge is 0.134 e. The van der Waals surface area contributed by atoms with Crippen LogP contribution in [0.2, 0.25) is 0 Å². The molecule has 2 atom stereocenters. The van der Waals surface area contributed by atoms with Gasteiger partial charge in [-0.15, -0.1) is 0 Å². The summed E-state index contributed by atoms with van der Waals surface area (Å²) in [4.78, 5) is 0. The highest BCUT2D eigenvalue weighted by molar-refractivity contribution is 6.10. The van der Waals surface area contributed by atoms with Crippen LogP contribution in [0.3, 0.4) is 0 Å². The summed E-state index contributed by atoms with van der Waals surface area (Å²) in [5, 5.41) is 23.6. The van der Waals surface area contributed by atoms with E-state index in [0.29, 0.717) is 11.1 Å². The number of rotatable bonds is 2. The van der Waals surface area contributed by atoms with Gasteiger partial charge in [-0.2, -0.15) is 10.5 Å². The Morgan fingerprint density at radius 2 is 1.52 bits per heavy atom. The first-order valence-corrected chi connectivity index (χ1v) is 16.1. The first-order valence-electron chi connectivity index (χ1n) is 16.1. The summed E-state index contributed by atoms with van der Waals surface area (Å²) >= 11 is 0. The molecule has 0 spiro atoms. The fraction of sp³-hybridized carbons (Fsp3) is 0.190. The minimum absolute atomic E-state index is 0.0180. The van der Waals surface area contributed by atoms with E-state index < -0.39 is 0 Å². The molecule has 5 aromatic carbocycles. The lowest BCUT2D eigenvalue weighted by molar-refractivity contribution is 0.436. The van der Waals surface area contributed by atoms with Gasteiger partial charge in [-0.05, 0) is 83.6 Å². The number of furan rings is 1. The van der Waals surface area contributed by atoms with E-state index in [0.717, 1.165) is 62.6 Å². The van der Waals surface area contributed by atoms with Crippen molar-refractivity contribution in [2.45, 2.75) is 50.9 Å². The van der Waals surface area contributed by atoms with Crippen LogP contribution in [0.5, 0.6) is 0 Å². The number of nitrogens with zero attached hydrogens (tertiary/aromatic N) is 3. The Hall–Kier alpha value is -5.58. The van der Waals surface area contributed by atoms with E-state index in [4.69, 9.17) is 4.42 Å². The van der Waals surface area contributed by atoms with Crippen molar-refractivity contribution in [1.29, 1.82) is 10.5 Å². The van der Waals surface area contributed by atoms with Gasteiger partial charge >= 0.3 is 0 Å². The van der Waals surface area contributed by atoms with Gasteiger partial charge in [0.25, 0.3) is 0 Å². The summed E-state index contributed by atoms with van der Waals surface area (Å²) in [5.74, 6) is 1.31. The van der Waals surface area contributed by atoms with Crippen LogP contribution in [-0.2, 0) is 5.41 Å². The maximum Gasteiger partial charge on any atom is 0.134 e. The molecular weight excluding hydrogens is 562 g/mol. The SMILES string of the molecule is CC1CCC(c2c(C#N)cccc2-n2c3ccccc3c3cc(C#N)ccc32)c2c1oc1cc3c(cc21)-c1ccccc1C3(C)C. The average Bonchev–Trinajstić information content (AvgIpc) is 3.70. The third-order valence-electron chi connectivity index (χ3n) is 10.7. The highest BCUT2D eigenvalue weighted by atomic mass is 16.3.